The molecule has 0 heterocycles. The van der Waals surface area contributed by atoms with Gasteiger partial charge in [-0.25, -0.2) is 8.42 Å². The second-order valence-electron chi connectivity index (χ2n) is 6.65. The van der Waals surface area contributed by atoms with Gasteiger partial charge in [-0.1, -0.05) is 18.2 Å². The highest BCUT2D eigenvalue weighted by Crippen LogP contribution is 2.19. The average Bonchev–Trinajstić information content (AvgIpc) is 2.53. The van der Waals surface area contributed by atoms with Gasteiger partial charge in [-0.2, -0.15) is 0 Å². The maximum atomic E-state index is 12.4. The summed E-state index contributed by atoms with van der Waals surface area (Å²) in [7, 11) is -3.23. The van der Waals surface area contributed by atoms with Crippen LogP contribution in [-0.4, -0.2) is 26.7 Å². The van der Waals surface area contributed by atoms with Gasteiger partial charge in [0.2, 0.25) is 0 Å². The molecule has 2 rings (SSSR count). The van der Waals surface area contributed by atoms with Crippen LogP contribution in [0.3, 0.4) is 0 Å². The molecule has 0 spiro atoms. The Balaban J connectivity index is 2.01. The fraction of sp³-hybridized carbons (Fsp3) is 0.350. The van der Waals surface area contributed by atoms with E-state index >= 15 is 0 Å². The highest BCUT2D eigenvalue weighted by Gasteiger charge is 2.18. The third-order valence-electron chi connectivity index (χ3n) is 4.04. The third-order valence-corrected chi connectivity index (χ3v) is 5.17. The molecular weight excluding hydrogens is 350 g/mol. The number of rotatable bonds is 6. The summed E-state index contributed by atoms with van der Waals surface area (Å²) < 4.78 is 28.8. The first kappa shape index (κ1) is 20.0. The molecule has 0 aliphatic carbocycles. The first-order valence-electron chi connectivity index (χ1n) is 8.41. The van der Waals surface area contributed by atoms with E-state index in [1.165, 1.54) is 6.26 Å². The Bertz CT molecular complexity index is 868. The van der Waals surface area contributed by atoms with Gasteiger partial charge in [-0.05, 0) is 68.7 Å². The number of benzene rings is 2. The van der Waals surface area contributed by atoms with Gasteiger partial charge in [0.25, 0.3) is 5.91 Å². The summed E-state index contributed by atoms with van der Waals surface area (Å²) in [5, 5.41) is 2.89. The molecule has 0 saturated heterocycles. The van der Waals surface area contributed by atoms with Gasteiger partial charge in [0.1, 0.15) is 5.75 Å². The van der Waals surface area contributed by atoms with E-state index in [0.717, 1.165) is 16.7 Å². The molecule has 1 amide bonds. The highest BCUT2D eigenvalue weighted by atomic mass is 32.2. The van der Waals surface area contributed by atoms with E-state index < -0.39 is 15.9 Å². The first-order chi connectivity index (χ1) is 12.1. The maximum Gasteiger partial charge on any atom is 0.261 e. The van der Waals surface area contributed by atoms with Crippen LogP contribution in [0.1, 0.15) is 36.6 Å². The minimum Gasteiger partial charge on any atom is -0.481 e. The lowest BCUT2D eigenvalue weighted by Crippen LogP contribution is -2.37. The van der Waals surface area contributed by atoms with E-state index in [2.05, 4.69) is 5.32 Å². The summed E-state index contributed by atoms with van der Waals surface area (Å²) in [5.74, 6) is 0.430. The second kappa shape index (κ2) is 7.91. The normalized spacial score (nSPS) is 13.7. The number of ether oxygens (including phenoxy) is 1. The van der Waals surface area contributed by atoms with Crippen molar-refractivity contribution in [3.8, 4) is 5.75 Å². The summed E-state index contributed by atoms with van der Waals surface area (Å²) in [6, 6.07) is 12.1. The molecule has 0 saturated carbocycles. The molecule has 0 unspecified atom stereocenters. The molecule has 0 bridgehead atoms. The molecule has 0 fully saturated rings. The zero-order valence-corrected chi connectivity index (χ0v) is 16.6. The Labute approximate surface area is 155 Å². The molecule has 6 heteroatoms. The second-order valence-corrected chi connectivity index (χ2v) is 8.67. The van der Waals surface area contributed by atoms with Crippen LogP contribution in [0.25, 0.3) is 0 Å². The largest absolute Gasteiger partial charge is 0.481 e. The van der Waals surface area contributed by atoms with Crippen LogP contribution in [0.4, 0.5) is 0 Å². The van der Waals surface area contributed by atoms with E-state index in [-0.39, 0.29) is 16.8 Å². The van der Waals surface area contributed by atoms with Gasteiger partial charge < -0.3 is 10.1 Å². The quantitative estimate of drug-likeness (QED) is 0.840. The van der Waals surface area contributed by atoms with Crippen LogP contribution >= 0.6 is 0 Å². The monoisotopic (exact) mass is 375 g/mol. The van der Waals surface area contributed by atoms with Gasteiger partial charge in [-0.15, -0.1) is 0 Å². The van der Waals surface area contributed by atoms with Gasteiger partial charge >= 0.3 is 0 Å². The number of nitrogens with one attached hydrogen (secondary N) is 1. The molecule has 2 aromatic carbocycles. The first-order valence-corrected chi connectivity index (χ1v) is 10.3. The average molecular weight is 375 g/mol. The summed E-state index contributed by atoms with van der Waals surface area (Å²) in [5.41, 5.74) is 2.98. The number of carbonyl (C=O) groups excluding carboxylic acids is 1. The number of hydrogen-bond donors (Lipinski definition) is 1. The lowest BCUT2D eigenvalue weighted by Gasteiger charge is -2.19. The van der Waals surface area contributed by atoms with Crippen molar-refractivity contribution in [3.05, 3.63) is 59.2 Å². The predicted octanol–water partition coefficient (Wildman–Crippen LogP) is 3.35. The fourth-order valence-electron chi connectivity index (χ4n) is 2.68. The zero-order valence-electron chi connectivity index (χ0n) is 15.7. The maximum absolute atomic E-state index is 12.4. The zero-order chi connectivity index (χ0) is 19.5. The summed E-state index contributed by atoms with van der Waals surface area (Å²) in [4.78, 5) is 12.7. The topological polar surface area (TPSA) is 72.5 Å². The molecular formula is C20H25NO4S. The van der Waals surface area contributed by atoms with Gasteiger partial charge in [0.15, 0.2) is 15.9 Å². The van der Waals surface area contributed by atoms with E-state index in [9.17, 15) is 13.2 Å². The minimum absolute atomic E-state index is 0.233. The van der Waals surface area contributed by atoms with Crippen LogP contribution in [0.2, 0.25) is 0 Å². The summed E-state index contributed by atoms with van der Waals surface area (Å²) in [6.07, 6.45) is 0.521. The highest BCUT2D eigenvalue weighted by molar-refractivity contribution is 7.90. The van der Waals surface area contributed by atoms with Crippen molar-refractivity contribution in [3.63, 3.8) is 0 Å². The van der Waals surface area contributed by atoms with Gasteiger partial charge in [0.05, 0.1) is 10.9 Å². The lowest BCUT2D eigenvalue weighted by molar-refractivity contribution is -0.127. The number of sulfone groups is 1. The van der Waals surface area contributed by atoms with Gasteiger partial charge in [-0.3, -0.25) is 4.79 Å². The molecule has 0 aromatic heterocycles. The summed E-state index contributed by atoms with van der Waals surface area (Å²) in [6.45, 7) is 7.50. The Hall–Kier alpha value is -2.34. The van der Waals surface area contributed by atoms with E-state index in [0.29, 0.717) is 5.75 Å². The van der Waals surface area contributed by atoms with Crippen LogP contribution in [0, 0.1) is 13.8 Å². The Morgan fingerprint density at radius 3 is 2.04 bits per heavy atom. The number of amides is 1. The van der Waals surface area contributed by atoms with Crippen molar-refractivity contribution in [2.24, 2.45) is 0 Å². The third kappa shape index (κ3) is 5.33. The van der Waals surface area contributed by atoms with E-state index in [1.54, 1.807) is 31.2 Å². The molecule has 2 atom stereocenters. The van der Waals surface area contributed by atoms with Crippen molar-refractivity contribution in [2.75, 3.05) is 6.26 Å². The molecule has 2 aromatic rings. The van der Waals surface area contributed by atoms with Crippen molar-refractivity contribution in [1.82, 2.24) is 5.32 Å². The van der Waals surface area contributed by atoms with Crippen molar-refractivity contribution in [2.45, 2.75) is 44.7 Å². The van der Waals surface area contributed by atoms with Crippen molar-refractivity contribution in [1.29, 1.82) is 0 Å². The van der Waals surface area contributed by atoms with E-state index in [4.69, 9.17) is 4.74 Å². The van der Waals surface area contributed by atoms with Crippen molar-refractivity contribution >= 4 is 15.7 Å². The Morgan fingerprint density at radius 1 is 1.00 bits per heavy atom. The predicted molar refractivity (Wildman–Crippen MR) is 102 cm³/mol. The van der Waals surface area contributed by atoms with E-state index in [1.807, 2.05) is 39.0 Å². The van der Waals surface area contributed by atoms with Crippen LogP contribution < -0.4 is 10.1 Å². The van der Waals surface area contributed by atoms with Crippen LogP contribution in [0.15, 0.2) is 47.4 Å². The van der Waals surface area contributed by atoms with Crippen molar-refractivity contribution < 1.29 is 17.9 Å². The number of carbonyl (C=O) groups is 1. The molecule has 0 radical (unpaired) electrons. The SMILES string of the molecule is Cc1cc(C)cc(O[C@@H](C)C(=O)N[C@@H](C)c2ccc(S(C)(=O)=O)cc2)c1. The number of aryl methyl sites for hydroxylation is 2. The molecule has 0 aliphatic rings. The van der Waals surface area contributed by atoms with Gasteiger partial charge in [0, 0.05) is 6.26 Å². The number of hydrogen-bond acceptors (Lipinski definition) is 4. The Kier molecular flexibility index (Phi) is 6.08. The molecule has 0 aliphatic heterocycles. The lowest BCUT2D eigenvalue weighted by atomic mass is 10.1. The smallest absolute Gasteiger partial charge is 0.261 e. The molecule has 140 valence electrons. The minimum atomic E-state index is -3.23. The standard InChI is InChI=1S/C20H25NO4S/c1-13-10-14(2)12-18(11-13)25-16(4)20(22)21-15(3)17-6-8-19(9-7-17)26(5,23)24/h6-12,15-16H,1-5H3,(H,21,22)/t15-,16-/m0/s1. The molecule has 26 heavy (non-hydrogen) atoms. The van der Waals surface area contributed by atoms with Crippen LogP contribution in [0.5, 0.6) is 5.75 Å². The molecule has 5 nitrogen and oxygen atoms in total. The summed E-state index contributed by atoms with van der Waals surface area (Å²) >= 11 is 0. The fourth-order valence-corrected chi connectivity index (χ4v) is 3.31. The molecule has 1 N–H and O–H groups in total. The van der Waals surface area contributed by atoms with Crippen LogP contribution in [-0.2, 0) is 14.6 Å². The Morgan fingerprint density at radius 2 is 1.54 bits per heavy atom.